The molecule has 2 amide bonds. The summed E-state index contributed by atoms with van der Waals surface area (Å²) in [5.74, 6) is 0.0354. The molecule has 0 spiro atoms. The van der Waals surface area contributed by atoms with Gasteiger partial charge in [-0.25, -0.2) is 0 Å². The summed E-state index contributed by atoms with van der Waals surface area (Å²) >= 11 is 11.2. The Labute approximate surface area is 171 Å². The quantitative estimate of drug-likeness (QED) is 0.555. The Hall–Kier alpha value is -2.97. The highest BCUT2D eigenvalue weighted by Crippen LogP contribution is 2.21. The third kappa shape index (κ3) is 4.13. The molecule has 0 aliphatic carbocycles. The number of amides is 2. The Morgan fingerprint density at radius 3 is 2.61 bits per heavy atom. The Morgan fingerprint density at radius 1 is 1.21 bits per heavy atom. The van der Waals surface area contributed by atoms with Crippen molar-refractivity contribution in [1.29, 1.82) is 0 Å². The molecule has 0 fully saturated rings. The van der Waals surface area contributed by atoms with E-state index >= 15 is 0 Å². The average Bonchev–Trinajstić information content (AvgIpc) is 3.04. The first-order valence-corrected chi connectivity index (χ1v) is 9.22. The minimum atomic E-state index is -0.287. The van der Waals surface area contributed by atoms with Crippen LogP contribution in [0.1, 0.15) is 15.9 Å². The molecular formula is C19H18ClN5O2S. The second-order valence-electron chi connectivity index (χ2n) is 6.05. The standard InChI is InChI=1S/C19H18ClN5O2S/c1-11-14(18(27)21-2)4-3-5-15(11)22-16(26)10-25-17(23-24-19(25)28)12-6-8-13(20)9-7-12/h3-9H,10H2,1-2H3,(H,21,27)(H,22,26)(H,24,28). The van der Waals surface area contributed by atoms with E-state index in [4.69, 9.17) is 23.8 Å². The van der Waals surface area contributed by atoms with E-state index in [1.165, 1.54) is 0 Å². The van der Waals surface area contributed by atoms with Gasteiger partial charge in [-0.15, -0.1) is 0 Å². The van der Waals surface area contributed by atoms with Crippen molar-refractivity contribution in [2.24, 2.45) is 0 Å². The molecule has 0 aliphatic rings. The first kappa shape index (κ1) is 19.8. The molecule has 28 heavy (non-hydrogen) atoms. The predicted molar refractivity (Wildman–Crippen MR) is 111 cm³/mol. The lowest BCUT2D eigenvalue weighted by Gasteiger charge is -2.12. The molecule has 2 aromatic carbocycles. The summed E-state index contributed by atoms with van der Waals surface area (Å²) in [6.07, 6.45) is 0. The van der Waals surface area contributed by atoms with E-state index in [1.807, 2.05) is 0 Å². The first-order valence-electron chi connectivity index (χ1n) is 8.43. The maximum Gasteiger partial charge on any atom is 0.251 e. The molecule has 0 atom stereocenters. The van der Waals surface area contributed by atoms with Gasteiger partial charge in [-0.1, -0.05) is 17.7 Å². The van der Waals surface area contributed by atoms with Gasteiger partial charge < -0.3 is 10.6 Å². The van der Waals surface area contributed by atoms with Gasteiger partial charge in [0.1, 0.15) is 6.54 Å². The smallest absolute Gasteiger partial charge is 0.251 e. The number of nitrogens with one attached hydrogen (secondary N) is 3. The molecule has 3 rings (SSSR count). The number of halogens is 1. The number of rotatable bonds is 5. The number of H-pyrrole nitrogens is 1. The maximum absolute atomic E-state index is 12.6. The number of carbonyl (C=O) groups excluding carboxylic acids is 2. The third-order valence-electron chi connectivity index (χ3n) is 4.24. The lowest BCUT2D eigenvalue weighted by Crippen LogP contribution is -2.22. The van der Waals surface area contributed by atoms with Crippen molar-refractivity contribution in [2.75, 3.05) is 12.4 Å². The molecule has 0 bridgehead atoms. The molecule has 0 unspecified atom stereocenters. The summed E-state index contributed by atoms with van der Waals surface area (Å²) in [5, 5.41) is 12.9. The molecule has 3 N–H and O–H groups in total. The maximum atomic E-state index is 12.6. The predicted octanol–water partition coefficient (Wildman–Crippen LogP) is 3.57. The summed E-state index contributed by atoms with van der Waals surface area (Å²) in [4.78, 5) is 24.6. The van der Waals surface area contributed by atoms with Crippen LogP contribution in [0, 0.1) is 11.7 Å². The number of carbonyl (C=O) groups is 2. The minimum absolute atomic E-state index is 0.0308. The van der Waals surface area contributed by atoms with E-state index in [2.05, 4.69) is 20.8 Å². The van der Waals surface area contributed by atoms with Gasteiger partial charge in [0.25, 0.3) is 5.91 Å². The highest BCUT2D eigenvalue weighted by molar-refractivity contribution is 7.71. The second-order valence-corrected chi connectivity index (χ2v) is 6.87. The highest BCUT2D eigenvalue weighted by atomic mass is 35.5. The highest BCUT2D eigenvalue weighted by Gasteiger charge is 2.15. The van der Waals surface area contributed by atoms with Crippen LogP contribution in [-0.2, 0) is 11.3 Å². The fourth-order valence-electron chi connectivity index (χ4n) is 2.77. The fraction of sp³-hybridized carbons (Fsp3) is 0.158. The van der Waals surface area contributed by atoms with Gasteiger partial charge in [0.15, 0.2) is 10.6 Å². The van der Waals surface area contributed by atoms with Gasteiger partial charge in [0, 0.05) is 28.9 Å². The molecule has 0 radical (unpaired) electrons. The summed E-state index contributed by atoms with van der Waals surface area (Å²) in [5.41, 5.74) is 2.53. The fourth-order valence-corrected chi connectivity index (χ4v) is 3.09. The van der Waals surface area contributed by atoms with Gasteiger partial charge in [0.2, 0.25) is 5.91 Å². The van der Waals surface area contributed by atoms with Crippen molar-refractivity contribution < 1.29 is 9.59 Å². The monoisotopic (exact) mass is 415 g/mol. The van der Waals surface area contributed by atoms with Crippen LogP contribution in [0.2, 0.25) is 5.02 Å². The van der Waals surface area contributed by atoms with Crippen molar-refractivity contribution in [3.8, 4) is 11.4 Å². The van der Waals surface area contributed by atoms with Crippen molar-refractivity contribution in [2.45, 2.75) is 13.5 Å². The van der Waals surface area contributed by atoms with Gasteiger partial charge in [-0.05, 0) is 61.1 Å². The number of aromatic amines is 1. The van der Waals surface area contributed by atoms with Crippen molar-refractivity contribution in [1.82, 2.24) is 20.1 Å². The largest absolute Gasteiger partial charge is 0.355 e. The van der Waals surface area contributed by atoms with Gasteiger partial charge in [-0.3, -0.25) is 19.3 Å². The van der Waals surface area contributed by atoms with Crippen LogP contribution < -0.4 is 10.6 Å². The SMILES string of the molecule is CNC(=O)c1cccc(NC(=O)Cn2c(-c3ccc(Cl)cc3)n[nH]c2=S)c1C. The molecule has 144 valence electrons. The van der Waals surface area contributed by atoms with E-state index < -0.39 is 0 Å². The number of benzene rings is 2. The van der Waals surface area contributed by atoms with Crippen LogP contribution >= 0.6 is 23.8 Å². The van der Waals surface area contributed by atoms with Gasteiger partial charge >= 0.3 is 0 Å². The molecule has 1 aromatic heterocycles. The lowest BCUT2D eigenvalue weighted by atomic mass is 10.1. The average molecular weight is 416 g/mol. The van der Waals surface area contributed by atoms with Crippen molar-refractivity contribution in [3.63, 3.8) is 0 Å². The number of hydrogen-bond acceptors (Lipinski definition) is 4. The van der Waals surface area contributed by atoms with Crippen LogP contribution in [0.5, 0.6) is 0 Å². The first-order chi connectivity index (χ1) is 13.4. The van der Waals surface area contributed by atoms with E-state index in [9.17, 15) is 9.59 Å². The zero-order valence-corrected chi connectivity index (χ0v) is 16.8. The van der Waals surface area contributed by atoms with E-state index in [1.54, 1.807) is 61.0 Å². The van der Waals surface area contributed by atoms with Gasteiger partial charge in [-0.2, -0.15) is 5.10 Å². The molecule has 9 heteroatoms. The molecule has 1 heterocycles. The van der Waals surface area contributed by atoms with Crippen LogP contribution in [0.4, 0.5) is 5.69 Å². The van der Waals surface area contributed by atoms with Gasteiger partial charge in [0.05, 0.1) is 0 Å². The van der Waals surface area contributed by atoms with E-state index in [0.717, 1.165) is 5.56 Å². The van der Waals surface area contributed by atoms with Crippen LogP contribution in [0.3, 0.4) is 0 Å². The number of aromatic nitrogens is 3. The van der Waals surface area contributed by atoms with Crippen molar-refractivity contribution >= 4 is 41.3 Å². The summed E-state index contributed by atoms with van der Waals surface area (Å²) in [6.45, 7) is 1.75. The Kier molecular flexibility index (Phi) is 5.91. The number of nitrogens with zero attached hydrogens (tertiary/aromatic N) is 2. The van der Waals surface area contributed by atoms with Crippen LogP contribution in [-0.4, -0.2) is 33.6 Å². The Balaban J connectivity index is 1.84. The zero-order chi connectivity index (χ0) is 20.3. The molecule has 3 aromatic rings. The van der Waals surface area contributed by atoms with E-state index in [-0.39, 0.29) is 18.4 Å². The summed E-state index contributed by atoms with van der Waals surface area (Å²) in [6, 6.07) is 12.3. The zero-order valence-electron chi connectivity index (χ0n) is 15.2. The summed E-state index contributed by atoms with van der Waals surface area (Å²) in [7, 11) is 1.56. The van der Waals surface area contributed by atoms with Crippen LogP contribution in [0.25, 0.3) is 11.4 Å². The Morgan fingerprint density at radius 2 is 1.93 bits per heavy atom. The molecule has 7 nitrogen and oxygen atoms in total. The molecule has 0 saturated heterocycles. The third-order valence-corrected chi connectivity index (χ3v) is 4.81. The molecule has 0 aliphatic heterocycles. The topological polar surface area (TPSA) is 91.8 Å². The normalized spacial score (nSPS) is 10.5. The number of hydrogen-bond donors (Lipinski definition) is 3. The molecular weight excluding hydrogens is 398 g/mol. The minimum Gasteiger partial charge on any atom is -0.355 e. The number of anilines is 1. The Bertz CT molecular complexity index is 1090. The van der Waals surface area contributed by atoms with E-state index in [0.29, 0.717) is 32.4 Å². The van der Waals surface area contributed by atoms with Crippen LogP contribution in [0.15, 0.2) is 42.5 Å². The lowest BCUT2D eigenvalue weighted by molar-refractivity contribution is -0.116. The van der Waals surface area contributed by atoms with Crippen molar-refractivity contribution in [3.05, 3.63) is 63.4 Å². The second kappa shape index (κ2) is 8.37. The molecule has 0 saturated carbocycles. The summed E-state index contributed by atoms with van der Waals surface area (Å²) < 4.78 is 1.93.